The molecule has 140 valence electrons. The summed E-state index contributed by atoms with van der Waals surface area (Å²) in [6, 6.07) is 7.66. The van der Waals surface area contributed by atoms with E-state index in [1.807, 2.05) is 11.0 Å². The van der Waals surface area contributed by atoms with Crippen molar-refractivity contribution in [2.24, 2.45) is 0 Å². The quantitative estimate of drug-likeness (QED) is 0.755. The van der Waals surface area contributed by atoms with Crippen LogP contribution < -0.4 is 0 Å². The van der Waals surface area contributed by atoms with Gasteiger partial charge in [0.1, 0.15) is 16.5 Å². The molecule has 1 aliphatic heterocycles. The Morgan fingerprint density at radius 2 is 1.65 bits per heavy atom. The van der Waals surface area contributed by atoms with Crippen molar-refractivity contribution in [1.82, 2.24) is 9.21 Å². The fourth-order valence-electron chi connectivity index (χ4n) is 2.83. The molecule has 0 spiro atoms. The van der Waals surface area contributed by atoms with E-state index in [-0.39, 0.29) is 13.1 Å². The highest BCUT2D eigenvalue weighted by molar-refractivity contribution is 7.89. The van der Waals surface area contributed by atoms with Gasteiger partial charge in [-0.3, -0.25) is 4.90 Å². The molecular formula is C17H16Cl2F2N2O2S. The van der Waals surface area contributed by atoms with Crippen molar-refractivity contribution in [1.29, 1.82) is 0 Å². The van der Waals surface area contributed by atoms with Crippen LogP contribution in [0.3, 0.4) is 0 Å². The highest BCUT2D eigenvalue weighted by atomic mass is 35.5. The summed E-state index contributed by atoms with van der Waals surface area (Å²) in [4.78, 5) is 1.41. The van der Waals surface area contributed by atoms with Crippen LogP contribution in [-0.2, 0) is 16.6 Å². The molecule has 1 saturated heterocycles. The van der Waals surface area contributed by atoms with E-state index in [1.54, 1.807) is 12.1 Å². The Morgan fingerprint density at radius 1 is 0.962 bits per heavy atom. The summed E-state index contributed by atoms with van der Waals surface area (Å²) < 4.78 is 53.5. The van der Waals surface area contributed by atoms with Crippen LogP contribution in [0.15, 0.2) is 41.3 Å². The summed E-state index contributed by atoms with van der Waals surface area (Å²) in [5, 5.41) is 1.10. The number of benzene rings is 2. The molecule has 9 heteroatoms. The first-order valence-corrected chi connectivity index (χ1v) is 10.1. The molecule has 0 bridgehead atoms. The lowest BCUT2D eigenvalue weighted by Gasteiger charge is -2.34. The standard InChI is InChI=1S/C17H16Cl2F2N2O2S/c18-13-2-1-12(15(19)9-13)11-22-5-7-23(8-6-22)26(24,25)17-10-14(20)3-4-16(17)21/h1-4,9-10H,5-8,11H2. The SMILES string of the molecule is O=S(=O)(c1cc(F)ccc1F)N1CCN(Cc2ccc(Cl)cc2Cl)CC1. The third kappa shape index (κ3) is 4.18. The largest absolute Gasteiger partial charge is 0.296 e. The van der Waals surface area contributed by atoms with E-state index >= 15 is 0 Å². The predicted octanol–water partition coefficient (Wildman–Crippen LogP) is 3.78. The zero-order chi connectivity index (χ0) is 18.9. The molecule has 4 nitrogen and oxygen atoms in total. The van der Waals surface area contributed by atoms with E-state index in [2.05, 4.69) is 0 Å². The lowest BCUT2D eigenvalue weighted by atomic mass is 10.2. The number of hydrogen-bond acceptors (Lipinski definition) is 3. The fourth-order valence-corrected chi connectivity index (χ4v) is 4.80. The summed E-state index contributed by atoms with van der Waals surface area (Å²) in [6.07, 6.45) is 0. The van der Waals surface area contributed by atoms with Crippen molar-refractivity contribution < 1.29 is 17.2 Å². The third-order valence-electron chi connectivity index (χ3n) is 4.25. The lowest BCUT2D eigenvalue weighted by molar-refractivity contribution is 0.181. The van der Waals surface area contributed by atoms with E-state index in [1.165, 1.54) is 4.31 Å². The zero-order valence-corrected chi connectivity index (χ0v) is 16.0. The van der Waals surface area contributed by atoms with Gasteiger partial charge in [0.2, 0.25) is 10.0 Å². The van der Waals surface area contributed by atoms with Crippen LogP contribution in [0.5, 0.6) is 0 Å². The average Bonchev–Trinajstić information content (AvgIpc) is 2.60. The minimum atomic E-state index is -4.08. The molecule has 0 unspecified atom stereocenters. The van der Waals surface area contributed by atoms with Crippen LogP contribution in [0, 0.1) is 11.6 Å². The number of piperazine rings is 1. The van der Waals surface area contributed by atoms with Gasteiger partial charge in [0.15, 0.2) is 0 Å². The molecule has 1 heterocycles. The minimum absolute atomic E-state index is 0.184. The molecule has 1 aliphatic rings. The second-order valence-corrected chi connectivity index (χ2v) is 8.74. The Hall–Kier alpha value is -1.25. The third-order valence-corrected chi connectivity index (χ3v) is 6.75. The highest BCUT2D eigenvalue weighted by Crippen LogP contribution is 2.25. The van der Waals surface area contributed by atoms with Gasteiger partial charge in [0.25, 0.3) is 0 Å². The second kappa shape index (κ2) is 7.78. The van der Waals surface area contributed by atoms with Gasteiger partial charge in [-0.2, -0.15) is 4.31 Å². The van der Waals surface area contributed by atoms with Crippen molar-refractivity contribution >= 4 is 33.2 Å². The van der Waals surface area contributed by atoms with E-state index in [9.17, 15) is 17.2 Å². The maximum absolute atomic E-state index is 13.9. The van der Waals surface area contributed by atoms with Gasteiger partial charge >= 0.3 is 0 Å². The molecule has 2 aromatic rings. The smallest absolute Gasteiger partial charge is 0.246 e. The van der Waals surface area contributed by atoms with Crippen molar-refractivity contribution in [2.45, 2.75) is 11.4 Å². The van der Waals surface area contributed by atoms with Crippen LogP contribution in [0.2, 0.25) is 10.0 Å². The summed E-state index contributed by atoms with van der Waals surface area (Å²) in [6.45, 7) is 1.83. The minimum Gasteiger partial charge on any atom is -0.296 e. The zero-order valence-electron chi connectivity index (χ0n) is 13.6. The average molecular weight is 421 g/mol. The van der Waals surface area contributed by atoms with Crippen molar-refractivity contribution in [3.63, 3.8) is 0 Å². The first kappa shape index (κ1) is 19.5. The van der Waals surface area contributed by atoms with E-state index < -0.39 is 26.6 Å². The van der Waals surface area contributed by atoms with Gasteiger partial charge in [-0.1, -0.05) is 29.3 Å². The second-order valence-electron chi connectivity index (χ2n) is 5.99. The number of hydrogen-bond donors (Lipinski definition) is 0. The van der Waals surface area contributed by atoms with Crippen molar-refractivity contribution in [3.8, 4) is 0 Å². The Labute approximate surface area is 161 Å². The summed E-state index contributed by atoms with van der Waals surface area (Å²) in [5.74, 6) is -1.75. The van der Waals surface area contributed by atoms with Crippen molar-refractivity contribution in [2.75, 3.05) is 26.2 Å². The molecule has 1 fully saturated rings. The van der Waals surface area contributed by atoms with E-state index in [0.717, 1.165) is 17.7 Å². The Morgan fingerprint density at radius 3 is 2.31 bits per heavy atom. The van der Waals surface area contributed by atoms with Crippen LogP contribution >= 0.6 is 23.2 Å². The number of halogens is 4. The van der Waals surface area contributed by atoms with Gasteiger partial charge in [0.05, 0.1) is 0 Å². The van der Waals surface area contributed by atoms with E-state index in [4.69, 9.17) is 23.2 Å². The van der Waals surface area contributed by atoms with Crippen molar-refractivity contribution in [3.05, 3.63) is 63.6 Å². The Balaban J connectivity index is 1.69. The molecule has 0 saturated carbocycles. The van der Waals surface area contributed by atoms with Crippen LogP contribution in [0.4, 0.5) is 8.78 Å². The lowest BCUT2D eigenvalue weighted by Crippen LogP contribution is -2.48. The van der Waals surface area contributed by atoms with Gasteiger partial charge in [-0.25, -0.2) is 17.2 Å². The molecule has 0 amide bonds. The van der Waals surface area contributed by atoms with Gasteiger partial charge in [-0.15, -0.1) is 0 Å². The maximum atomic E-state index is 13.9. The van der Waals surface area contributed by atoms with Crippen LogP contribution in [0.25, 0.3) is 0 Å². The first-order chi connectivity index (χ1) is 12.3. The fraction of sp³-hybridized carbons (Fsp3) is 0.294. The molecule has 26 heavy (non-hydrogen) atoms. The normalized spacial score (nSPS) is 16.8. The number of sulfonamides is 1. The topological polar surface area (TPSA) is 40.6 Å². The summed E-state index contributed by atoms with van der Waals surface area (Å²) >= 11 is 12.1. The first-order valence-electron chi connectivity index (χ1n) is 7.89. The molecule has 0 atom stereocenters. The monoisotopic (exact) mass is 420 g/mol. The Bertz CT molecular complexity index is 917. The van der Waals surface area contributed by atoms with E-state index in [0.29, 0.717) is 35.7 Å². The Kier molecular flexibility index (Phi) is 5.84. The van der Waals surface area contributed by atoms with Gasteiger partial charge in [0, 0.05) is 42.8 Å². The number of rotatable bonds is 4. The summed E-state index contributed by atoms with van der Waals surface area (Å²) in [7, 11) is -4.08. The molecule has 3 rings (SSSR count). The molecular weight excluding hydrogens is 405 g/mol. The molecule has 0 aliphatic carbocycles. The number of nitrogens with zero attached hydrogens (tertiary/aromatic N) is 2. The summed E-state index contributed by atoms with van der Waals surface area (Å²) in [5.41, 5.74) is 0.892. The molecule has 0 radical (unpaired) electrons. The highest BCUT2D eigenvalue weighted by Gasteiger charge is 2.31. The molecule has 0 aromatic heterocycles. The van der Waals surface area contributed by atoms with Crippen LogP contribution in [-0.4, -0.2) is 43.8 Å². The van der Waals surface area contributed by atoms with Gasteiger partial charge < -0.3 is 0 Å². The maximum Gasteiger partial charge on any atom is 0.246 e. The van der Waals surface area contributed by atoms with Crippen LogP contribution in [0.1, 0.15) is 5.56 Å². The molecule has 2 aromatic carbocycles. The predicted molar refractivity (Wildman–Crippen MR) is 96.9 cm³/mol. The van der Waals surface area contributed by atoms with Gasteiger partial charge in [-0.05, 0) is 35.9 Å². The molecule has 0 N–H and O–H groups in total.